The van der Waals surface area contributed by atoms with E-state index >= 15 is 0 Å². The minimum Gasteiger partial charge on any atom is -0.462 e. The first-order valence-corrected chi connectivity index (χ1v) is 14.1. The Hall–Kier alpha value is -3.19. The van der Waals surface area contributed by atoms with Gasteiger partial charge in [-0.05, 0) is 80.2 Å². The molecular weight excluding hydrogens is 494 g/mol. The van der Waals surface area contributed by atoms with Gasteiger partial charge in [-0.1, -0.05) is 64.3 Å². The van der Waals surface area contributed by atoms with Gasteiger partial charge in [0.05, 0.1) is 18.2 Å². The van der Waals surface area contributed by atoms with E-state index < -0.39 is 6.04 Å². The molecule has 6 nitrogen and oxygen atoms in total. The third-order valence-corrected chi connectivity index (χ3v) is 7.06. The van der Waals surface area contributed by atoms with Crippen molar-refractivity contribution in [3.63, 3.8) is 0 Å². The summed E-state index contributed by atoms with van der Waals surface area (Å²) in [5, 5.41) is 6.85. The van der Waals surface area contributed by atoms with Crippen LogP contribution in [-0.2, 0) is 16.0 Å². The number of aryl methyl sites for hydroxylation is 1. The SMILES string of the molecule is CCCCCCc1ccc(C(=O)Nc2ccc([C@@H]3NC(=S)N(CC)C(C)=C3C(=O)OCC(C)C)cc2)cc1. The molecule has 3 rings (SSSR count). The van der Waals surface area contributed by atoms with Gasteiger partial charge < -0.3 is 20.3 Å². The molecule has 0 spiro atoms. The fourth-order valence-corrected chi connectivity index (χ4v) is 4.92. The number of carbonyl (C=O) groups is 2. The lowest BCUT2D eigenvalue weighted by Gasteiger charge is -2.37. The molecule has 0 fully saturated rings. The van der Waals surface area contributed by atoms with Crippen LogP contribution in [0.1, 0.15) is 87.8 Å². The third-order valence-electron chi connectivity index (χ3n) is 6.72. The highest BCUT2D eigenvalue weighted by atomic mass is 32.1. The highest BCUT2D eigenvalue weighted by Crippen LogP contribution is 2.32. The van der Waals surface area contributed by atoms with Gasteiger partial charge in [-0.2, -0.15) is 0 Å². The van der Waals surface area contributed by atoms with E-state index in [4.69, 9.17) is 17.0 Å². The normalized spacial score (nSPS) is 15.5. The number of hydrogen-bond acceptors (Lipinski definition) is 4. The molecule has 1 aliphatic rings. The lowest BCUT2D eigenvalue weighted by molar-refractivity contribution is -0.140. The maximum absolute atomic E-state index is 13.1. The average molecular weight is 536 g/mol. The number of unbranched alkanes of at least 4 members (excludes halogenated alkanes) is 3. The number of nitrogens with one attached hydrogen (secondary N) is 2. The summed E-state index contributed by atoms with van der Waals surface area (Å²) in [6.07, 6.45) is 5.95. The van der Waals surface area contributed by atoms with Crippen LogP contribution in [0.3, 0.4) is 0 Å². The molecule has 1 aliphatic heterocycles. The summed E-state index contributed by atoms with van der Waals surface area (Å²) in [7, 11) is 0. The number of amides is 1. The fraction of sp³-hybridized carbons (Fsp3) is 0.452. The highest BCUT2D eigenvalue weighted by molar-refractivity contribution is 7.80. The van der Waals surface area contributed by atoms with Crippen LogP contribution in [0.25, 0.3) is 0 Å². The van der Waals surface area contributed by atoms with Gasteiger partial charge in [0, 0.05) is 23.5 Å². The molecule has 0 aromatic heterocycles. The topological polar surface area (TPSA) is 70.7 Å². The number of allylic oxidation sites excluding steroid dienone is 1. The third kappa shape index (κ3) is 7.67. The summed E-state index contributed by atoms with van der Waals surface area (Å²) in [5.74, 6) is -0.261. The first-order chi connectivity index (χ1) is 18.2. The van der Waals surface area contributed by atoms with Crippen molar-refractivity contribution < 1.29 is 14.3 Å². The quantitative estimate of drug-likeness (QED) is 0.177. The summed E-state index contributed by atoms with van der Waals surface area (Å²) in [4.78, 5) is 27.8. The van der Waals surface area contributed by atoms with E-state index in [0.717, 1.165) is 17.7 Å². The molecule has 0 aliphatic carbocycles. The fourth-order valence-electron chi connectivity index (χ4n) is 4.54. The largest absolute Gasteiger partial charge is 0.462 e. The zero-order chi connectivity index (χ0) is 27.7. The zero-order valence-corrected chi connectivity index (χ0v) is 24.1. The number of hydrogen-bond donors (Lipinski definition) is 2. The zero-order valence-electron chi connectivity index (χ0n) is 23.3. The van der Waals surface area contributed by atoms with E-state index in [0.29, 0.717) is 35.1 Å². The van der Waals surface area contributed by atoms with Gasteiger partial charge in [-0.25, -0.2) is 4.79 Å². The number of thiocarbonyl (C=S) groups is 1. The van der Waals surface area contributed by atoms with Gasteiger partial charge in [-0.3, -0.25) is 4.79 Å². The van der Waals surface area contributed by atoms with Gasteiger partial charge in [0.2, 0.25) is 0 Å². The second kappa shape index (κ2) is 14.1. The van der Waals surface area contributed by atoms with E-state index in [1.807, 2.05) is 81.1 Å². The number of rotatable bonds is 12. The molecule has 0 saturated carbocycles. The molecule has 0 bridgehead atoms. The van der Waals surface area contributed by atoms with Crippen LogP contribution in [0, 0.1) is 5.92 Å². The van der Waals surface area contributed by atoms with Gasteiger partial charge in [0.15, 0.2) is 5.11 Å². The molecule has 1 amide bonds. The van der Waals surface area contributed by atoms with Crippen molar-refractivity contribution in [1.29, 1.82) is 0 Å². The lowest BCUT2D eigenvalue weighted by Crippen LogP contribution is -2.47. The van der Waals surface area contributed by atoms with Crippen molar-refractivity contribution in [2.75, 3.05) is 18.5 Å². The minimum atomic E-state index is -0.431. The van der Waals surface area contributed by atoms with Crippen LogP contribution in [0.2, 0.25) is 0 Å². The molecule has 38 heavy (non-hydrogen) atoms. The molecule has 0 unspecified atom stereocenters. The monoisotopic (exact) mass is 535 g/mol. The number of nitrogens with zero attached hydrogens (tertiary/aromatic N) is 1. The number of ether oxygens (including phenoxy) is 1. The Morgan fingerprint density at radius 2 is 1.71 bits per heavy atom. The van der Waals surface area contributed by atoms with Crippen LogP contribution < -0.4 is 10.6 Å². The average Bonchev–Trinajstić information content (AvgIpc) is 2.90. The molecule has 2 N–H and O–H groups in total. The Balaban J connectivity index is 1.71. The second-order valence-corrected chi connectivity index (χ2v) is 10.6. The van der Waals surface area contributed by atoms with Crippen molar-refractivity contribution in [2.45, 2.75) is 72.8 Å². The highest BCUT2D eigenvalue weighted by Gasteiger charge is 2.34. The number of anilines is 1. The molecule has 0 radical (unpaired) electrons. The van der Waals surface area contributed by atoms with E-state index in [-0.39, 0.29) is 17.8 Å². The molecule has 2 aromatic carbocycles. The maximum atomic E-state index is 13.1. The predicted molar refractivity (Wildman–Crippen MR) is 158 cm³/mol. The Morgan fingerprint density at radius 3 is 2.32 bits per heavy atom. The maximum Gasteiger partial charge on any atom is 0.338 e. The van der Waals surface area contributed by atoms with Gasteiger partial charge in [0.25, 0.3) is 5.91 Å². The summed E-state index contributed by atoms with van der Waals surface area (Å²) in [6, 6.07) is 14.9. The molecule has 2 aromatic rings. The van der Waals surface area contributed by atoms with E-state index in [2.05, 4.69) is 17.6 Å². The van der Waals surface area contributed by atoms with Crippen LogP contribution in [0.5, 0.6) is 0 Å². The Bertz CT molecular complexity index is 1140. The number of benzene rings is 2. The van der Waals surface area contributed by atoms with Crippen LogP contribution >= 0.6 is 12.2 Å². The standard InChI is InChI=1S/C31H41N3O3S/c1-6-8-9-10-11-23-12-14-25(15-13-23)29(35)32-26-18-16-24(17-19-26)28-27(30(36)37-20-21(3)4)22(5)34(7-2)31(38)33-28/h12-19,21,28H,6-11,20H2,1-5H3,(H,32,35)(H,33,38)/t28-/m0/s1. The van der Waals surface area contributed by atoms with Gasteiger partial charge in [0.1, 0.15) is 0 Å². The summed E-state index contributed by atoms with van der Waals surface area (Å²) < 4.78 is 5.60. The molecule has 0 saturated heterocycles. The van der Waals surface area contributed by atoms with Crippen molar-refractivity contribution in [3.8, 4) is 0 Å². The van der Waals surface area contributed by atoms with Crippen molar-refractivity contribution in [1.82, 2.24) is 10.2 Å². The van der Waals surface area contributed by atoms with E-state index in [1.165, 1.54) is 31.2 Å². The number of carbonyl (C=O) groups excluding carboxylic acids is 2. The molecule has 1 atom stereocenters. The Morgan fingerprint density at radius 1 is 1.03 bits per heavy atom. The summed E-state index contributed by atoms with van der Waals surface area (Å²) in [5.41, 5.74) is 4.77. The lowest BCUT2D eigenvalue weighted by atomic mass is 9.94. The predicted octanol–water partition coefficient (Wildman–Crippen LogP) is 6.79. The summed E-state index contributed by atoms with van der Waals surface area (Å²) >= 11 is 5.58. The summed E-state index contributed by atoms with van der Waals surface area (Å²) in [6.45, 7) is 11.1. The smallest absolute Gasteiger partial charge is 0.338 e. The van der Waals surface area contributed by atoms with Crippen LogP contribution in [0.15, 0.2) is 59.8 Å². The van der Waals surface area contributed by atoms with Crippen LogP contribution in [-0.4, -0.2) is 35.0 Å². The Kier molecular flexibility index (Phi) is 10.9. The molecular formula is C31H41N3O3S. The van der Waals surface area contributed by atoms with E-state index in [1.54, 1.807) is 0 Å². The van der Waals surface area contributed by atoms with Gasteiger partial charge in [-0.15, -0.1) is 0 Å². The molecule has 204 valence electrons. The molecule has 1 heterocycles. The van der Waals surface area contributed by atoms with Crippen molar-refractivity contribution in [2.24, 2.45) is 5.92 Å². The van der Waals surface area contributed by atoms with Crippen molar-refractivity contribution >= 4 is 34.9 Å². The Labute approximate surface area is 232 Å². The number of esters is 1. The second-order valence-electron chi connectivity index (χ2n) is 10.2. The van der Waals surface area contributed by atoms with Crippen molar-refractivity contribution in [3.05, 3.63) is 76.5 Å². The van der Waals surface area contributed by atoms with E-state index in [9.17, 15) is 9.59 Å². The minimum absolute atomic E-state index is 0.153. The molecule has 7 heteroatoms. The van der Waals surface area contributed by atoms with Crippen LogP contribution in [0.4, 0.5) is 5.69 Å². The van der Waals surface area contributed by atoms with Gasteiger partial charge >= 0.3 is 5.97 Å². The first kappa shape index (κ1) is 29.4. The first-order valence-electron chi connectivity index (χ1n) is 13.7.